The highest BCUT2D eigenvalue weighted by Crippen LogP contribution is 2.24. The quantitative estimate of drug-likeness (QED) is 0.312. The van der Waals surface area contributed by atoms with E-state index in [-0.39, 0.29) is 13.2 Å². The van der Waals surface area contributed by atoms with Gasteiger partial charge in [-0.2, -0.15) is 0 Å². The lowest BCUT2D eigenvalue weighted by molar-refractivity contribution is 0.0473. The number of ether oxygens (including phenoxy) is 3. The van der Waals surface area contributed by atoms with Crippen LogP contribution in [0.3, 0.4) is 0 Å². The summed E-state index contributed by atoms with van der Waals surface area (Å²) in [5, 5.41) is 4.56. The van der Waals surface area contributed by atoms with Crippen molar-refractivity contribution in [3.8, 4) is 11.5 Å². The van der Waals surface area contributed by atoms with E-state index in [0.29, 0.717) is 39.4 Å². The van der Waals surface area contributed by atoms with Crippen LogP contribution in [0.15, 0.2) is 62.3 Å². The minimum atomic E-state index is -0.539. The number of carbonyl (C=O) groups is 1. The molecule has 2 aromatic heterocycles. The molecule has 0 saturated carbocycles. The second-order valence-electron chi connectivity index (χ2n) is 7.15. The first-order valence-electron chi connectivity index (χ1n) is 9.87. The van der Waals surface area contributed by atoms with Crippen molar-refractivity contribution in [1.29, 1.82) is 0 Å². The van der Waals surface area contributed by atoms with E-state index in [2.05, 4.69) is 5.16 Å². The number of fused-ring (bicyclic) bond motifs is 1. The summed E-state index contributed by atoms with van der Waals surface area (Å²) in [6.45, 7) is 3.84. The van der Waals surface area contributed by atoms with Gasteiger partial charge in [-0.1, -0.05) is 11.2 Å². The third kappa shape index (κ3) is 4.49. The molecule has 0 aliphatic rings. The minimum absolute atomic E-state index is 0.0859. The van der Waals surface area contributed by atoms with Gasteiger partial charge in [-0.3, -0.25) is 0 Å². The molecule has 0 aliphatic heterocycles. The van der Waals surface area contributed by atoms with E-state index in [4.69, 9.17) is 23.2 Å². The molecule has 0 N–H and O–H groups in total. The Morgan fingerprint density at radius 3 is 2.62 bits per heavy atom. The summed E-state index contributed by atoms with van der Waals surface area (Å²) in [5.74, 6) is 1.22. The number of aromatic nitrogens is 1. The maximum absolute atomic E-state index is 12.6. The average Bonchev–Trinajstić information content (AvgIpc) is 3.12. The third-order valence-corrected chi connectivity index (χ3v) is 5.03. The van der Waals surface area contributed by atoms with E-state index in [1.807, 2.05) is 13.8 Å². The number of carbonyl (C=O) groups excluding carboxylic acids is 1. The normalized spacial score (nSPS) is 10.8. The fourth-order valence-corrected chi connectivity index (χ4v) is 3.26. The molecule has 0 unspecified atom stereocenters. The Labute approximate surface area is 183 Å². The molecule has 0 aliphatic carbocycles. The van der Waals surface area contributed by atoms with Crippen LogP contribution in [0.1, 0.15) is 32.9 Å². The van der Waals surface area contributed by atoms with Crippen molar-refractivity contribution in [3.05, 3.63) is 87.1 Å². The van der Waals surface area contributed by atoms with Gasteiger partial charge in [0, 0.05) is 23.1 Å². The molecule has 4 aromatic rings. The summed E-state index contributed by atoms with van der Waals surface area (Å²) in [6, 6.07) is 13.1. The van der Waals surface area contributed by atoms with Crippen molar-refractivity contribution in [2.24, 2.45) is 0 Å². The first kappa shape index (κ1) is 21.2. The Morgan fingerprint density at radius 1 is 1.03 bits per heavy atom. The Kier molecular flexibility index (Phi) is 5.93. The SMILES string of the molecule is COc1ccc2c(COC(=O)c3cccc(OCc4c(C)noc4C)c3)cc(=O)oc2c1. The van der Waals surface area contributed by atoms with Gasteiger partial charge in [0.1, 0.15) is 36.1 Å². The Hall–Kier alpha value is -4.07. The number of hydrogen-bond donors (Lipinski definition) is 0. The molecule has 8 heteroatoms. The van der Waals surface area contributed by atoms with Crippen molar-refractivity contribution in [3.63, 3.8) is 0 Å². The molecule has 8 nitrogen and oxygen atoms in total. The third-order valence-electron chi connectivity index (χ3n) is 5.03. The largest absolute Gasteiger partial charge is 0.497 e. The summed E-state index contributed by atoms with van der Waals surface area (Å²) in [7, 11) is 1.52. The number of nitrogens with zero attached hydrogens (tertiary/aromatic N) is 1. The molecule has 0 saturated heterocycles. The van der Waals surface area contributed by atoms with Gasteiger partial charge in [-0.15, -0.1) is 0 Å². The first-order valence-corrected chi connectivity index (χ1v) is 9.87. The lowest BCUT2D eigenvalue weighted by atomic mass is 10.1. The van der Waals surface area contributed by atoms with E-state index in [0.717, 1.165) is 11.3 Å². The van der Waals surface area contributed by atoms with Gasteiger partial charge in [0.25, 0.3) is 0 Å². The van der Waals surface area contributed by atoms with Crippen LogP contribution < -0.4 is 15.1 Å². The van der Waals surface area contributed by atoms with Crippen molar-refractivity contribution >= 4 is 16.9 Å². The van der Waals surface area contributed by atoms with Gasteiger partial charge in [-0.25, -0.2) is 9.59 Å². The highest BCUT2D eigenvalue weighted by atomic mass is 16.5. The van der Waals surface area contributed by atoms with Crippen LogP contribution in [0, 0.1) is 13.8 Å². The molecule has 0 fully saturated rings. The molecular formula is C24H21NO7. The standard InChI is InChI=1S/C24H21NO7/c1-14-21(15(2)32-25-14)13-29-19-6-4-5-16(9-19)24(27)30-12-17-10-23(26)31-22-11-18(28-3)7-8-20(17)22/h4-11H,12-13H2,1-3H3. The zero-order chi connectivity index (χ0) is 22.7. The minimum Gasteiger partial charge on any atom is -0.497 e. The fourth-order valence-electron chi connectivity index (χ4n) is 3.26. The Morgan fingerprint density at radius 2 is 1.88 bits per heavy atom. The molecule has 0 amide bonds. The van der Waals surface area contributed by atoms with Gasteiger partial charge in [-0.05, 0) is 44.2 Å². The van der Waals surface area contributed by atoms with Crippen LogP contribution in [0.2, 0.25) is 0 Å². The number of aryl methyl sites for hydroxylation is 2. The second kappa shape index (κ2) is 8.97. The van der Waals surface area contributed by atoms with E-state index < -0.39 is 11.6 Å². The first-order chi connectivity index (χ1) is 15.4. The summed E-state index contributed by atoms with van der Waals surface area (Å²) < 4.78 is 26.7. The maximum atomic E-state index is 12.6. The lowest BCUT2D eigenvalue weighted by Gasteiger charge is -2.10. The fraction of sp³-hybridized carbons (Fsp3) is 0.208. The van der Waals surface area contributed by atoms with Crippen molar-refractivity contribution in [2.75, 3.05) is 7.11 Å². The molecule has 0 atom stereocenters. The van der Waals surface area contributed by atoms with E-state index in [9.17, 15) is 9.59 Å². The highest BCUT2D eigenvalue weighted by molar-refractivity contribution is 5.90. The van der Waals surface area contributed by atoms with Crippen molar-refractivity contribution < 1.29 is 27.9 Å². The van der Waals surface area contributed by atoms with E-state index >= 15 is 0 Å². The smallest absolute Gasteiger partial charge is 0.338 e. The lowest BCUT2D eigenvalue weighted by Crippen LogP contribution is -2.08. The molecule has 164 valence electrons. The molecule has 0 spiro atoms. The number of esters is 1. The van der Waals surface area contributed by atoms with Gasteiger partial charge < -0.3 is 23.2 Å². The summed E-state index contributed by atoms with van der Waals surface area (Å²) in [4.78, 5) is 24.5. The van der Waals surface area contributed by atoms with Crippen LogP contribution in [0.4, 0.5) is 0 Å². The van der Waals surface area contributed by atoms with Gasteiger partial charge in [0.05, 0.1) is 23.9 Å². The van der Waals surface area contributed by atoms with Crippen LogP contribution >= 0.6 is 0 Å². The zero-order valence-corrected chi connectivity index (χ0v) is 17.8. The second-order valence-corrected chi connectivity index (χ2v) is 7.15. The van der Waals surface area contributed by atoms with E-state index in [1.54, 1.807) is 42.5 Å². The van der Waals surface area contributed by atoms with Crippen LogP contribution in [0.5, 0.6) is 11.5 Å². The van der Waals surface area contributed by atoms with Gasteiger partial charge >= 0.3 is 11.6 Å². The number of methoxy groups -OCH3 is 1. The predicted octanol–water partition coefficient (Wildman–Crippen LogP) is 4.34. The molecule has 32 heavy (non-hydrogen) atoms. The van der Waals surface area contributed by atoms with Gasteiger partial charge in [0.15, 0.2) is 0 Å². The number of rotatable bonds is 7. The maximum Gasteiger partial charge on any atom is 0.338 e. The summed E-state index contributed by atoms with van der Waals surface area (Å²) >= 11 is 0. The molecular weight excluding hydrogens is 414 g/mol. The van der Waals surface area contributed by atoms with Crippen molar-refractivity contribution in [1.82, 2.24) is 5.16 Å². The summed E-state index contributed by atoms with van der Waals surface area (Å²) in [5.41, 5.74) is 2.32. The molecule has 2 aromatic carbocycles. The Bertz CT molecular complexity index is 1320. The number of benzene rings is 2. The zero-order valence-electron chi connectivity index (χ0n) is 17.8. The van der Waals surface area contributed by atoms with Crippen molar-refractivity contribution in [2.45, 2.75) is 27.1 Å². The highest BCUT2D eigenvalue weighted by Gasteiger charge is 2.14. The van der Waals surface area contributed by atoms with Gasteiger partial charge in [0.2, 0.25) is 0 Å². The van der Waals surface area contributed by atoms with E-state index in [1.165, 1.54) is 13.2 Å². The molecule has 0 radical (unpaired) electrons. The molecule has 2 heterocycles. The van der Waals surface area contributed by atoms with Crippen LogP contribution in [0.25, 0.3) is 11.0 Å². The average molecular weight is 435 g/mol. The molecule has 4 rings (SSSR count). The summed E-state index contributed by atoms with van der Waals surface area (Å²) in [6.07, 6.45) is 0. The predicted molar refractivity (Wildman–Crippen MR) is 115 cm³/mol. The monoisotopic (exact) mass is 435 g/mol. The Balaban J connectivity index is 1.47. The molecule has 0 bridgehead atoms. The number of hydrogen-bond acceptors (Lipinski definition) is 8. The topological polar surface area (TPSA) is 101 Å². The van der Waals surface area contributed by atoms with Crippen LogP contribution in [-0.2, 0) is 18.0 Å². The van der Waals surface area contributed by atoms with Crippen LogP contribution in [-0.4, -0.2) is 18.2 Å².